The van der Waals surface area contributed by atoms with Crippen molar-refractivity contribution < 1.29 is 13.9 Å². The molecule has 2 aliphatic heterocycles. The van der Waals surface area contributed by atoms with Gasteiger partial charge in [-0.2, -0.15) is 0 Å². The second-order valence-electron chi connectivity index (χ2n) is 7.77. The van der Waals surface area contributed by atoms with Gasteiger partial charge in [0.1, 0.15) is 11.4 Å². The van der Waals surface area contributed by atoms with Crippen LogP contribution in [0.25, 0.3) is 0 Å². The number of nitrogens with zero attached hydrogens (tertiary/aromatic N) is 3. The number of halogens is 1. The summed E-state index contributed by atoms with van der Waals surface area (Å²) in [4.78, 5) is 18.2. The van der Waals surface area contributed by atoms with Crippen molar-refractivity contribution in [2.75, 3.05) is 49.9 Å². The van der Waals surface area contributed by atoms with Crippen LogP contribution in [-0.2, 0) is 4.74 Å². The Labute approximate surface area is 148 Å². The van der Waals surface area contributed by atoms with Crippen LogP contribution in [0.15, 0.2) is 18.2 Å². The third kappa shape index (κ3) is 4.15. The zero-order valence-corrected chi connectivity index (χ0v) is 15.2. The molecule has 3 rings (SSSR count). The molecule has 2 aliphatic rings. The molecule has 1 aromatic carbocycles. The highest BCUT2D eigenvalue weighted by molar-refractivity contribution is 5.69. The van der Waals surface area contributed by atoms with E-state index >= 15 is 0 Å². The van der Waals surface area contributed by atoms with Crippen LogP contribution in [-0.4, -0.2) is 66.8 Å². The minimum absolute atomic E-state index is 0.244. The quantitative estimate of drug-likeness (QED) is 0.828. The Hall–Kier alpha value is -2.02. The lowest BCUT2D eigenvalue weighted by atomic mass is 10.1. The normalized spacial score (nSPS) is 19.7. The summed E-state index contributed by atoms with van der Waals surface area (Å²) < 4.78 is 19.4. The smallest absolute Gasteiger partial charge is 0.410 e. The van der Waals surface area contributed by atoms with Gasteiger partial charge in [-0.1, -0.05) is 0 Å². The van der Waals surface area contributed by atoms with Crippen LogP contribution in [0, 0.1) is 5.82 Å². The van der Waals surface area contributed by atoms with Crippen LogP contribution < -0.4 is 10.6 Å². The number of nitrogen functional groups attached to an aromatic ring is 1. The summed E-state index contributed by atoms with van der Waals surface area (Å²) in [5, 5.41) is 0. The van der Waals surface area contributed by atoms with Crippen LogP contribution in [0.2, 0.25) is 0 Å². The first kappa shape index (κ1) is 17.8. The second-order valence-corrected chi connectivity index (χ2v) is 7.77. The molecule has 1 aromatic rings. The van der Waals surface area contributed by atoms with Crippen molar-refractivity contribution in [1.29, 1.82) is 0 Å². The fourth-order valence-electron chi connectivity index (χ4n) is 3.27. The number of benzene rings is 1. The van der Waals surface area contributed by atoms with Crippen LogP contribution >= 0.6 is 0 Å². The first-order chi connectivity index (χ1) is 11.7. The molecule has 7 heteroatoms. The van der Waals surface area contributed by atoms with Crippen molar-refractivity contribution in [3.05, 3.63) is 24.0 Å². The Morgan fingerprint density at radius 3 is 2.40 bits per heavy atom. The van der Waals surface area contributed by atoms with E-state index in [2.05, 4.69) is 9.80 Å². The van der Waals surface area contributed by atoms with Crippen LogP contribution in [0.1, 0.15) is 20.8 Å². The average Bonchev–Trinajstić information content (AvgIpc) is 2.45. The summed E-state index contributed by atoms with van der Waals surface area (Å²) in [6.07, 6.45) is -0.244. The van der Waals surface area contributed by atoms with Crippen molar-refractivity contribution in [3.8, 4) is 0 Å². The molecule has 2 heterocycles. The Bertz CT molecular complexity index is 632. The predicted octanol–water partition coefficient (Wildman–Crippen LogP) is 2.15. The molecular weight excluding hydrogens is 323 g/mol. The van der Waals surface area contributed by atoms with Gasteiger partial charge in [0.15, 0.2) is 0 Å². The summed E-state index contributed by atoms with van der Waals surface area (Å²) in [6, 6.07) is 5.21. The fourth-order valence-corrected chi connectivity index (χ4v) is 3.27. The number of hydrogen-bond acceptors (Lipinski definition) is 5. The first-order valence-corrected chi connectivity index (χ1v) is 8.75. The number of likely N-dealkylation sites (tertiary alicyclic amines) is 1. The van der Waals surface area contributed by atoms with Crippen LogP contribution in [0.5, 0.6) is 0 Å². The van der Waals surface area contributed by atoms with E-state index in [0.29, 0.717) is 30.5 Å². The molecule has 138 valence electrons. The average molecular weight is 350 g/mol. The molecule has 0 aromatic heterocycles. The van der Waals surface area contributed by atoms with Gasteiger partial charge in [0.25, 0.3) is 0 Å². The third-order valence-electron chi connectivity index (χ3n) is 4.66. The van der Waals surface area contributed by atoms with Gasteiger partial charge >= 0.3 is 6.09 Å². The van der Waals surface area contributed by atoms with E-state index in [-0.39, 0.29) is 11.9 Å². The molecule has 1 amide bonds. The minimum atomic E-state index is -0.461. The van der Waals surface area contributed by atoms with Crippen LogP contribution in [0.3, 0.4) is 0 Å². The molecule has 0 saturated carbocycles. The lowest BCUT2D eigenvalue weighted by Crippen LogP contribution is -2.64. The zero-order valence-electron chi connectivity index (χ0n) is 15.2. The van der Waals surface area contributed by atoms with Gasteiger partial charge in [0.05, 0.1) is 5.69 Å². The van der Waals surface area contributed by atoms with E-state index < -0.39 is 5.60 Å². The largest absolute Gasteiger partial charge is 0.444 e. The highest BCUT2D eigenvalue weighted by Gasteiger charge is 2.38. The monoisotopic (exact) mass is 350 g/mol. The molecule has 0 aliphatic carbocycles. The Morgan fingerprint density at radius 2 is 1.84 bits per heavy atom. The molecule has 0 bridgehead atoms. The molecule has 6 nitrogen and oxygen atoms in total. The second kappa shape index (κ2) is 6.71. The van der Waals surface area contributed by atoms with Crippen molar-refractivity contribution in [2.45, 2.75) is 32.4 Å². The van der Waals surface area contributed by atoms with Gasteiger partial charge < -0.3 is 20.3 Å². The van der Waals surface area contributed by atoms with Gasteiger partial charge in [0, 0.05) is 51.0 Å². The minimum Gasteiger partial charge on any atom is -0.444 e. The number of ether oxygens (including phenoxy) is 1. The Kier molecular flexibility index (Phi) is 4.77. The maximum atomic E-state index is 14.1. The number of rotatable bonds is 2. The molecule has 25 heavy (non-hydrogen) atoms. The third-order valence-corrected chi connectivity index (χ3v) is 4.66. The highest BCUT2D eigenvalue weighted by Crippen LogP contribution is 2.25. The van der Waals surface area contributed by atoms with Gasteiger partial charge in [-0.3, -0.25) is 4.90 Å². The Balaban J connectivity index is 1.47. The summed E-state index contributed by atoms with van der Waals surface area (Å²) in [5.74, 6) is -0.270. The summed E-state index contributed by atoms with van der Waals surface area (Å²) in [5.41, 5.74) is 6.20. The Morgan fingerprint density at radius 1 is 1.20 bits per heavy atom. The van der Waals surface area contributed by atoms with Crippen molar-refractivity contribution in [1.82, 2.24) is 9.80 Å². The molecule has 2 saturated heterocycles. The summed E-state index contributed by atoms with van der Waals surface area (Å²) >= 11 is 0. The SMILES string of the molecule is CC(C)(C)OC(=O)N1CC(N2CCN(c3ccc(N)cc3F)CC2)C1. The van der Waals surface area contributed by atoms with E-state index in [4.69, 9.17) is 10.5 Å². The van der Waals surface area contributed by atoms with Gasteiger partial charge in [-0.25, -0.2) is 9.18 Å². The maximum Gasteiger partial charge on any atom is 0.410 e. The van der Waals surface area contributed by atoms with E-state index in [1.165, 1.54) is 6.07 Å². The van der Waals surface area contributed by atoms with Crippen LogP contribution in [0.4, 0.5) is 20.6 Å². The number of hydrogen-bond donors (Lipinski definition) is 1. The number of nitrogens with two attached hydrogens (primary N) is 1. The molecule has 0 spiro atoms. The highest BCUT2D eigenvalue weighted by atomic mass is 19.1. The predicted molar refractivity (Wildman–Crippen MR) is 96.2 cm³/mol. The number of amides is 1. The van der Waals surface area contributed by atoms with Crippen molar-refractivity contribution in [2.24, 2.45) is 0 Å². The fraction of sp³-hybridized carbons (Fsp3) is 0.611. The number of anilines is 2. The lowest BCUT2D eigenvalue weighted by molar-refractivity contribution is -0.0162. The topological polar surface area (TPSA) is 62.0 Å². The van der Waals surface area contributed by atoms with Gasteiger partial charge in [-0.15, -0.1) is 0 Å². The zero-order chi connectivity index (χ0) is 18.2. The van der Waals surface area contributed by atoms with Gasteiger partial charge in [0.2, 0.25) is 0 Å². The molecule has 2 fully saturated rings. The first-order valence-electron chi connectivity index (χ1n) is 8.75. The van der Waals surface area contributed by atoms with E-state index in [9.17, 15) is 9.18 Å². The number of carbonyl (C=O) groups excluding carboxylic acids is 1. The molecule has 0 unspecified atom stereocenters. The standard InChI is InChI=1S/C18H27FN4O2/c1-18(2,3)25-17(24)23-11-14(12-23)21-6-8-22(9-7-21)16-5-4-13(20)10-15(16)19/h4-5,10,14H,6-9,11-12,20H2,1-3H3. The summed E-state index contributed by atoms with van der Waals surface area (Å²) in [6.45, 7) is 10.3. The van der Waals surface area contributed by atoms with E-state index in [1.807, 2.05) is 20.8 Å². The van der Waals surface area contributed by atoms with Crippen molar-refractivity contribution in [3.63, 3.8) is 0 Å². The molecule has 2 N–H and O–H groups in total. The van der Waals surface area contributed by atoms with Crippen molar-refractivity contribution >= 4 is 17.5 Å². The summed E-state index contributed by atoms with van der Waals surface area (Å²) in [7, 11) is 0. The number of piperazine rings is 1. The maximum absolute atomic E-state index is 14.1. The van der Waals surface area contributed by atoms with E-state index in [0.717, 1.165) is 26.2 Å². The molecule has 0 atom stereocenters. The van der Waals surface area contributed by atoms with E-state index in [1.54, 1.807) is 17.0 Å². The molecule has 0 radical (unpaired) electrons. The lowest BCUT2D eigenvalue weighted by Gasteiger charge is -2.48. The number of carbonyl (C=O) groups is 1. The molecular formula is C18H27FN4O2. The van der Waals surface area contributed by atoms with Gasteiger partial charge in [-0.05, 0) is 39.0 Å².